The number of carboxylic acid groups (broad SMARTS) is 1. The first-order chi connectivity index (χ1) is 9.32. The molecule has 0 rings (SSSR count). The molecule has 0 aromatic heterocycles. The van der Waals surface area contributed by atoms with Gasteiger partial charge >= 0.3 is 12.0 Å². The first kappa shape index (κ1) is 18.7. The van der Waals surface area contributed by atoms with E-state index in [1.165, 1.54) is 0 Å². The topological polar surface area (TPSA) is 87.7 Å². The summed E-state index contributed by atoms with van der Waals surface area (Å²) >= 11 is 0. The third-order valence-electron chi connectivity index (χ3n) is 3.86. The second kappa shape index (κ2) is 8.79. The normalized spacial score (nSPS) is 13.1. The number of hydrogen-bond acceptors (Lipinski definition) is 3. The van der Waals surface area contributed by atoms with Crippen LogP contribution in [0.15, 0.2) is 0 Å². The average Bonchev–Trinajstić information content (AvgIpc) is 2.39. The van der Waals surface area contributed by atoms with Gasteiger partial charge in [0.1, 0.15) is 0 Å². The Bertz CT molecular complexity index is 314. The number of carbonyl (C=O) groups is 2. The Morgan fingerprint density at radius 1 is 1.25 bits per heavy atom. The molecular weight excluding hydrogens is 260 g/mol. The number of amides is 2. The zero-order chi connectivity index (χ0) is 15.8. The van der Waals surface area contributed by atoms with Crippen molar-refractivity contribution < 1.29 is 19.4 Å². The van der Waals surface area contributed by atoms with Crippen molar-refractivity contribution in [3.8, 4) is 0 Å². The fraction of sp³-hybridized carbons (Fsp3) is 0.857. The highest BCUT2D eigenvalue weighted by Crippen LogP contribution is 2.25. The van der Waals surface area contributed by atoms with Gasteiger partial charge in [0.15, 0.2) is 0 Å². The first-order valence-corrected chi connectivity index (χ1v) is 7.09. The van der Waals surface area contributed by atoms with Gasteiger partial charge in [-0.05, 0) is 18.8 Å². The monoisotopic (exact) mass is 288 g/mol. The SMILES string of the molecule is CCC(CC)(CNC(=O)NC(COC)C(C)C)C(=O)O. The van der Waals surface area contributed by atoms with E-state index < -0.39 is 11.4 Å². The van der Waals surface area contributed by atoms with Crippen molar-refractivity contribution in [2.45, 2.75) is 46.6 Å². The van der Waals surface area contributed by atoms with E-state index in [-0.39, 0.29) is 24.5 Å². The summed E-state index contributed by atoms with van der Waals surface area (Å²) in [6.45, 7) is 8.17. The number of methoxy groups -OCH3 is 1. The maximum Gasteiger partial charge on any atom is 0.315 e. The molecule has 1 unspecified atom stereocenters. The van der Waals surface area contributed by atoms with Crippen LogP contribution < -0.4 is 10.6 Å². The van der Waals surface area contributed by atoms with Crippen LogP contribution >= 0.6 is 0 Å². The lowest BCUT2D eigenvalue weighted by molar-refractivity contribution is -0.149. The lowest BCUT2D eigenvalue weighted by Crippen LogP contribution is -2.50. The maximum absolute atomic E-state index is 11.9. The van der Waals surface area contributed by atoms with Crippen molar-refractivity contribution in [1.82, 2.24) is 10.6 Å². The van der Waals surface area contributed by atoms with Crippen LogP contribution in [0.2, 0.25) is 0 Å². The smallest absolute Gasteiger partial charge is 0.315 e. The van der Waals surface area contributed by atoms with E-state index in [2.05, 4.69) is 10.6 Å². The summed E-state index contributed by atoms with van der Waals surface area (Å²) in [6, 6.07) is -0.448. The number of ether oxygens (including phenoxy) is 1. The molecule has 2 amide bonds. The van der Waals surface area contributed by atoms with Gasteiger partial charge in [-0.3, -0.25) is 4.79 Å². The highest BCUT2D eigenvalue weighted by molar-refractivity contribution is 5.78. The van der Waals surface area contributed by atoms with Gasteiger partial charge in [0.05, 0.1) is 18.1 Å². The maximum atomic E-state index is 11.9. The molecule has 0 heterocycles. The predicted molar refractivity (Wildman–Crippen MR) is 77.7 cm³/mol. The summed E-state index contributed by atoms with van der Waals surface area (Å²) in [5.74, 6) is -0.637. The Balaban J connectivity index is 4.49. The van der Waals surface area contributed by atoms with Crippen LogP contribution in [0, 0.1) is 11.3 Å². The number of carbonyl (C=O) groups excluding carboxylic acids is 1. The zero-order valence-corrected chi connectivity index (χ0v) is 13.2. The molecule has 0 saturated heterocycles. The van der Waals surface area contributed by atoms with E-state index in [0.717, 1.165) is 0 Å². The first-order valence-electron chi connectivity index (χ1n) is 7.09. The highest BCUT2D eigenvalue weighted by atomic mass is 16.5. The predicted octanol–water partition coefficient (Wildman–Crippen LogP) is 1.85. The Morgan fingerprint density at radius 3 is 2.15 bits per heavy atom. The molecule has 0 aliphatic heterocycles. The van der Waals surface area contributed by atoms with E-state index in [4.69, 9.17) is 4.74 Å². The van der Waals surface area contributed by atoms with Crippen molar-refractivity contribution in [2.24, 2.45) is 11.3 Å². The molecule has 0 aliphatic carbocycles. The molecule has 1 atom stereocenters. The molecular formula is C14H28N2O4. The van der Waals surface area contributed by atoms with Crippen molar-refractivity contribution in [1.29, 1.82) is 0 Å². The van der Waals surface area contributed by atoms with Crippen LogP contribution in [0.3, 0.4) is 0 Å². The fourth-order valence-electron chi connectivity index (χ4n) is 1.93. The van der Waals surface area contributed by atoms with Crippen LogP contribution in [-0.2, 0) is 9.53 Å². The number of rotatable bonds is 9. The molecule has 0 aliphatic rings. The summed E-state index contributed by atoms with van der Waals surface area (Å²) < 4.78 is 5.06. The lowest BCUT2D eigenvalue weighted by Gasteiger charge is -2.28. The van der Waals surface area contributed by atoms with Gasteiger partial charge < -0.3 is 20.5 Å². The molecule has 118 valence electrons. The second-order valence-electron chi connectivity index (χ2n) is 5.43. The molecule has 3 N–H and O–H groups in total. The summed E-state index contributed by atoms with van der Waals surface area (Å²) in [7, 11) is 1.58. The van der Waals surface area contributed by atoms with Crippen molar-refractivity contribution in [2.75, 3.05) is 20.3 Å². The molecule has 0 fully saturated rings. The third-order valence-corrected chi connectivity index (χ3v) is 3.86. The summed E-state index contributed by atoms with van der Waals surface area (Å²) in [4.78, 5) is 23.2. The number of carboxylic acids is 1. The molecule has 20 heavy (non-hydrogen) atoms. The summed E-state index contributed by atoms with van der Waals surface area (Å²) in [6.07, 6.45) is 0.954. The number of aliphatic carboxylic acids is 1. The van der Waals surface area contributed by atoms with Gasteiger partial charge in [-0.2, -0.15) is 0 Å². The van der Waals surface area contributed by atoms with E-state index in [0.29, 0.717) is 19.4 Å². The largest absolute Gasteiger partial charge is 0.481 e. The number of hydrogen-bond donors (Lipinski definition) is 3. The number of urea groups is 1. The van der Waals surface area contributed by atoms with Crippen molar-refractivity contribution >= 4 is 12.0 Å². The van der Waals surface area contributed by atoms with E-state index in [9.17, 15) is 14.7 Å². The molecule has 6 heteroatoms. The minimum Gasteiger partial charge on any atom is -0.481 e. The standard InChI is InChI=1S/C14H28N2O4/c1-6-14(7-2,12(17)18)9-15-13(19)16-11(8-20-5)10(3)4/h10-11H,6-9H2,1-5H3,(H,17,18)(H2,15,16,19). The highest BCUT2D eigenvalue weighted by Gasteiger charge is 2.35. The zero-order valence-electron chi connectivity index (χ0n) is 13.2. The molecule has 0 spiro atoms. The Hall–Kier alpha value is -1.30. The Morgan fingerprint density at radius 2 is 1.80 bits per heavy atom. The quantitative estimate of drug-likeness (QED) is 0.604. The van der Waals surface area contributed by atoms with Gasteiger partial charge in [-0.25, -0.2) is 4.79 Å². The summed E-state index contributed by atoms with van der Waals surface area (Å²) in [5.41, 5.74) is -0.897. The van der Waals surface area contributed by atoms with Gasteiger partial charge in [0.25, 0.3) is 0 Å². The van der Waals surface area contributed by atoms with Gasteiger partial charge in [-0.15, -0.1) is 0 Å². The van der Waals surface area contributed by atoms with Crippen LogP contribution in [-0.4, -0.2) is 43.4 Å². The molecule has 0 bridgehead atoms. The van der Waals surface area contributed by atoms with E-state index in [1.54, 1.807) is 7.11 Å². The van der Waals surface area contributed by atoms with Crippen LogP contribution in [0.4, 0.5) is 4.79 Å². The van der Waals surface area contributed by atoms with Gasteiger partial charge in [-0.1, -0.05) is 27.7 Å². The van der Waals surface area contributed by atoms with Crippen molar-refractivity contribution in [3.63, 3.8) is 0 Å². The van der Waals surface area contributed by atoms with Gasteiger partial charge in [0, 0.05) is 13.7 Å². The van der Waals surface area contributed by atoms with E-state index >= 15 is 0 Å². The minimum absolute atomic E-state index is 0.0949. The van der Waals surface area contributed by atoms with Gasteiger partial charge in [0.2, 0.25) is 0 Å². The Labute approximate surface area is 121 Å². The van der Waals surface area contributed by atoms with E-state index in [1.807, 2.05) is 27.7 Å². The molecule has 0 saturated carbocycles. The summed E-state index contributed by atoms with van der Waals surface area (Å²) in [5, 5.41) is 14.8. The molecule has 0 aromatic carbocycles. The molecule has 0 radical (unpaired) electrons. The number of nitrogens with one attached hydrogen (secondary N) is 2. The Kier molecular flexibility index (Phi) is 8.22. The lowest BCUT2D eigenvalue weighted by atomic mass is 9.82. The van der Waals surface area contributed by atoms with Crippen LogP contribution in [0.5, 0.6) is 0 Å². The second-order valence-corrected chi connectivity index (χ2v) is 5.43. The molecule has 0 aromatic rings. The molecule has 6 nitrogen and oxygen atoms in total. The average molecular weight is 288 g/mol. The minimum atomic E-state index is -0.897. The fourth-order valence-corrected chi connectivity index (χ4v) is 1.93. The van der Waals surface area contributed by atoms with Crippen LogP contribution in [0.25, 0.3) is 0 Å². The van der Waals surface area contributed by atoms with Crippen LogP contribution in [0.1, 0.15) is 40.5 Å². The third kappa shape index (κ3) is 5.36. The van der Waals surface area contributed by atoms with Crippen molar-refractivity contribution in [3.05, 3.63) is 0 Å².